The Kier molecular flexibility index (Phi) is 10.1. The number of alkyl halides is 6. The molecular weight excluding hydrogens is 742 g/mol. The van der Waals surface area contributed by atoms with Crippen LogP contribution in [0.3, 0.4) is 0 Å². The van der Waals surface area contributed by atoms with Crippen LogP contribution in [0.5, 0.6) is 23.0 Å². The van der Waals surface area contributed by atoms with E-state index >= 15 is 0 Å². The number of nitrogens with zero attached hydrogens (tertiary/aromatic N) is 2. The number of rotatable bonds is 15. The van der Waals surface area contributed by atoms with Crippen LogP contribution in [0.25, 0.3) is 11.1 Å². The first-order chi connectivity index (χ1) is 26.6. The molecule has 0 saturated carbocycles. The number of anilines is 2. The van der Waals surface area contributed by atoms with Crippen LogP contribution in [0.1, 0.15) is 33.4 Å². The van der Waals surface area contributed by atoms with E-state index in [2.05, 4.69) is 0 Å². The van der Waals surface area contributed by atoms with Gasteiger partial charge in [-0.3, -0.25) is 0 Å². The quantitative estimate of drug-likeness (QED) is 0.0873. The molecule has 298 valence electrons. The van der Waals surface area contributed by atoms with Crippen molar-refractivity contribution in [1.29, 1.82) is 0 Å². The molecule has 0 spiro atoms. The molecule has 4 aliphatic heterocycles. The molecule has 56 heavy (non-hydrogen) atoms. The van der Waals surface area contributed by atoms with Crippen molar-refractivity contribution in [2.45, 2.75) is 64.5 Å². The standard InChI is InChI=1S/C42H42F6N2O6/c1-23-9-27(10-24(2)39(23)55-37-7-5-29(13-35(37)41(43,44)45)49(15-31-19-51-31)16-32-20-52-32)28-11-25(3)40(26(4)12-28)56-38-8-6-30(14-36(38)42(46,47)48)50(17-33-21-53-33)18-34-22-54-34/h5-14,31-34H,15-22H2,1-4H3. The molecular formula is C42H42F6N2O6. The fourth-order valence-corrected chi connectivity index (χ4v) is 7.07. The van der Waals surface area contributed by atoms with Gasteiger partial charge in [-0.1, -0.05) is 0 Å². The molecule has 4 saturated heterocycles. The van der Waals surface area contributed by atoms with E-state index in [9.17, 15) is 26.3 Å². The average molecular weight is 785 g/mol. The molecule has 0 aliphatic carbocycles. The molecule has 0 aromatic heterocycles. The van der Waals surface area contributed by atoms with Crippen molar-refractivity contribution in [1.82, 2.24) is 0 Å². The first kappa shape index (κ1) is 38.4. The van der Waals surface area contributed by atoms with Crippen molar-refractivity contribution in [2.24, 2.45) is 0 Å². The first-order valence-corrected chi connectivity index (χ1v) is 18.6. The smallest absolute Gasteiger partial charge is 0.420 e. The highest BCUT2D eigenvalue weighted by molar-refractivity contribution is 5.71. The Bertz CT molecular complexity index is 1880. The molecule has 0 N–H and O–H groups in total. The largest absolute Gasteiger partial charge is 0.456 e. The average Bonchev–Trinajstić information content (AvgIpc) is 3.91. The Labute approximate surface area is 320 Å². The molecule has 0 bridgehead atoms. The maximum atomic E-state index is 14.5. The topological polar surface area (TPSA) is 75.1 Å². The van der Waals surface area contributed by atoms with Gasteiger partial charge in [-0.15, -0.1) is 0 Å². The molecule has 4 aliphatic rings. The minimum Gasteiger partial charge on any atom is -0.456 e. The van der Waals surface area contributed by atoms with Crippen molar-refractivity contribution in [3.63, 3.8) is 0 Å². The van der Waals surface area contributed by atoms with Gasteiger partial charge < -0.3 is 38.2 Å². The van der Waals surface area contributed by atoms with Crippen LogP contribution in [0.2, 0.25) is 0 Å². The van der Waals surface area contributed by atoms with Gasteiger partial charge >= 0.3 is 12.4 Å². The van der Waals surface area contributed by atoms with E-state index in [-0.39, 0.29) is 35.9 Å². The lowest BCUT2D eigenvalue weighted by Gasteiger charge is -2.25. The van der Waals surface area contributed by atoms with Crippen molar-refractivity contribution in [3.05, 3.63) is 94.0 Å². The van der Waals surface area contributed by atoms with E-state index in [1.807, 2.05) is 34.1 Å². The zero-order valence-electron chi connectivity index (χ0n) is 31.4. The fourth-order valence-electron chi connectivity index (χ4n) is 7.07. The van der Waals surface area contributed by atoms with Gasteiger partial charge in [-0.25, -0.2) is 0 Å². The maximum absolute atomic E-state index is 14.5. The summed E-state index contributed by atoms with van der Waals surface area (Å²) in [5, 5.41) is 0. The predicted octanol–water partition coefficient (Wildman–Crippen LogP) is 9.42. The number of halogens is 6. The Balaban J connectivity index is 1.03. The third kappa shape index (κ3) is 9.04. The van der Waals surface area contributed by atoms with E-state index in [1.54, 1.807) is 39.8 Å². The van der Waals surface area contributed by atoms with Gasteiger partial charge in [0.15, 0.2) is 0 Å². The zero-order valence-corrected chi connectivity index (χ0v) is 31.4. The lowest BCUT2D eigenvalue weighted by molar-refractivity contribution is -0.139. The third-order valence-electron chi connectivity index (χ3n) is 10.3. The summed E-state index contributed by atoms with van der Waals surface area (Å²) in [6.45, 7) is 11.2. The molecule has 4 aromatic rings. The summed E-state index contributed by atoms with van der Waals surface area (Å²) in [4.78, 5) is 3.72. The second-order valence-corrected chi connectivity index (χ2v) is 15.1. The van der Waals surface area contributed by atoms with Crippen LogP contribution in [0, 0.1) is 27.7 Å². The molecule has 0 radical (unpaired) electrons. The Hall–Kier alpha value is -4.50. The van der Waals surface area contributed by atoms with E-state index in [1.165, 1.54) is 12.1 Å². The van der Waals surface area contributed by atoms with Crippen LogP contribution >= 0.6 is 0 Å². The van der Waals surface area contributed by atoms with E-state index in [4.69, 9.17) is 28.4 Å². The minimum absolute atomic E-state index is 0.0178. The van der Waals surface area contributed by atoms with Crippen LogP contribution in [0.15, 0.2) is 60.7 Å². The summed E-state index contributed by atoms with van der Waals surface area (Å²) in [6, 6.07) is 15.5. The molecule has 8 nitrogen and oxygen atoms in total. The van der Waals surface area contributed by atoms with Gasteiger partial charge in [0.1, 0.15) is 34.1 Å². The summed E-state index contributed by atoms with van der Waals surface area (Å²) in [5.41, 5.74) is 3.00. The van der Waals surface area contributed by atoms with Gasteiger partial charge in [0, 0.05) is 37.6 Å². The van der Waals surface area contributed by atoms with Crippen molar-refractivity contribution >= 4 is 11.4 Å². The maximum Gasteiger partial charge on any atom is 0.420 e. The molecule has 14 heteroatoms. The monoisotopic (exact) mass is 784 g/mol. The Morgan fingerprint density at radius 2 is 0.786 bits per heavy atom. The molecule has 4 aromatic carbocycles. The number of aryl methyl sites for hydroxylation is 4. The van der Waals surface area contributed by atoms with Crippen molar-refractivity contribution in [2.75, 3.05) is 62.4 Å². The van der Waals surface area contributed by atoms with E-state index in [0.717, 1.165) is 23.3 Å². The van der Waals surface area contributed by atoms with Gasteiger partial charge in [0.25, 0.3) is 0 Å². The number of epoxide rings is 4. The highest BCUT2D eigenvalue weighted by atomic mass is 19.4. The fraction of sp³-hybridized carbons (Fsp3) is 0.429. The molecule has 0 amide bonds. The SMILES string of the molecule is Cc1cc(-c2cc(C)c(Oc3ccc(N(CC4CO4)CC4CO4)cc3C(F)(F)F)c(C)c2)cc(C)c1Oc1ccc(N(CC2CO2)CC2CO2)cc1C(F)(F)F. The Morgan fingerprint density at radius 1 is 0.500 bits per heavy atom. The molecule has 8 rings (SSSR count). The predicted molar refractivity (Wildman–Crippen MR) is 197 cm³/mol. The highest BCUT2D eigenvalue weighted by Crippen LogP contribution is 2.45. The third-order valence-corrected chi connectivity index (χ3v) is 10.3. The lowest BCUT2D eigenvalue weighted by atomic mass is 9.96. The van der Waals surface area contributed by atoms with E-state index in [0.29, 0.717) is 97.7 Å². The van der Waals surface area contributed by atoms with E-state index < -0.39 is 23.5 Å². The number of benzene rings is 4. The number of hydrogen-bond donors (Lipinski definition) is 0. The van der Waals surface area contributed by atoms with Gasteiger partial charge in [0.05, 0.1) is 50.8 Å². The normalized spacial score (nSPS) is 21.1. The van der Waals surface area contributed by atoms with Gasteiger partial charge in [-0.2, -0.15) is 26.3 Å². The lowest BCUT2D eigenvalue weighted by Crippen LogP contribution is -2.31. The molecule has 4 heterocycles. The molecule has 4 fully saturated rings. The number of ether oxygens (including phenoxy) is 6. The van der Waals surface area contributed by atoms with Crippen molar-refractivity contribution < 1.29 is 54.8 Å². The van der Waals surface area contributed by atoms with Crippen LogP contribution in [-0.4, -0.2) is 77.0 Å². The second-order valence-electron chi connectivity index (χ2n) is 15.1. The summed E-state index contributed by atoms with van der Waals surface area (Å²) in [5.74, 6) is -0.0323. The van der Waals surface area contributed by atoms with Gasteiger partial charge in [0.2, 0.25) is 0 Å². The Morgan fingerprint density at radius 3 is 1.04 bits per heavy atom. The second kappa shape index (κ2) is 14.8. The zero-order chi connectivity index (χ0) is 39.5. The summed E-state index contributed by atoms with van der Waals surface area (Å²) in [6.07, 6.45) is -9.42. The molecule has 4 atom stereocenters. The van der Waals surface area contributed by atoms with Crippen LogP contribution < -0.4 is 19.3 Å². The summed E-state index contributed by atoms with van der Waals surface area (Å²) < 4.78 is 120. The van der Waals surface area contributed by atoms with Crippen molar-refractivity contribution in [3.8, 4) is 34.1 Å². The summed E-state index contributed by atoms with van der Waals surface area (Å²) >= 11 is 0. The first-order valence-electron chi connectivity index (χ1n) is 18.6. The minimum atomic E-state index is -4.68. The summed E-state index contributed by atoms with van der Waals surface area (Å²) in [7, 11) is 0. The number of hydrogen-bond acceptors (Lipinski definition) is 8. The highest BCUT2D eigenvalue weighted by Gasteiger charge is 2.39. The van der Waals surface area contributed by atoms with Crippen LogP contribution in [-0.2, 0) is 31.3 Å². The van der Waals surface area contributed by atoms with Gasteiger partial charge in [-0.05, 0) is 122 Å². The van der Waals surface area contributed by atoms with Crippen LogP contribution in [0.4, 0.5) is 37.7 Å². The molecule has 4 unspecified atom stereocenters.